The van der Waals surface area contributed by atoms with Gasteiger partial charge < -0.3 is 25.0 Å². The number of fused-ring (bicyclic) bond motifs is 1. The standard InChI is InChI=1S/C33H36N4O4/c1-21-29(23-10-6-5-7-11-23)36-30(34-21)28-19-24-12-8-9-13-25(24)20-37(28)31(38)27(35-32(39)40)18-22-14-16-26(17-15-22)41-33(2,3)4/h5-17,27-28,35H,18-20H2,1-4H3,(H,34,36)(H,39,40). The average molecular weight is 553 g/mol. The Balaban J connectivity index is 1.46. The number of carbonyl (C=O) groups is 2. The highest BCUT2D eigenvalue weighted by atomic mass is 16.5. The Morgan fingerprint density at radius 1 is 1.02 bits per heavy atom. The fourth-order valence-electron chi connectivity index (χ4n) is 5.35. The molecular formula is C33H36N4O4. The summed E-state index contributed by atoms with van der Waals surface area (Å²) in [4.78, 5) is 36.2. The van der Waals surface area contributed by atoms with E-state index in [2.05, 4.69) is 16.4 Å². The molecule has 0 saturated heterocycles. The monoisotopic (exact) mass is 552 g/mol. The van der Waals surface area contributed by atoms with Crippen molar-refractivity contribution in [3.8, 4) is 17.0 Å². The first-order chi connectivity index (χ1) is 19.6. The highest BCUT2D eigenvalue weighted by Crippen LogP contribution is 2.35. The van der Waals surface area contributed by atoms with E-state index >= 15 is 0 Å². The van der Waals surface area contributed by atoms with Crippen molar-refractivity contribution in [1.29, 1.82) is 0 Å². The first kappa shape index (κ1) is 28.0. The number of aryl methyl sites for hydroxylation is 1. The van der Waals surface area contributed by atoms with Crippen molar-refractivity contribution in [2.45, 2.75) is 64.8 Å². The number of benzene rings is 3. The topological polar surface area (TPSA) is 108 Å². The van der Waals surface area contributed by atoms with Gasteiger partial charge in [-0.2, -0.15) is 0 Å². The van der Waals surface area contributed by atoms with Crippen LogP contribution in [0, 0.1) is 6.92 Å². The third-order valence-corrected chi connectivity index (χ3v) is 7.18. The second-order valence-corrected chi connectivity index (χ2v) is 11.5. The number of carboxylic acid groups (broad SMARTS) is 1. The second kappa shape index (κ2) is 11.5. The molecule has 41 heavy (non-hydrogen) atoms. The van der Waals surface area contributed by atoms with E-state index in [1.54, 1.807) is 4.90 Å². The second-order valence-electron chi connectivity index (χ2n) is 11.5. The van der Waals surface area contributed by atoms with E-state index in [1.807, 2.05) is 100 Å². The molecule has 0 saturated carbocycles. The van der Waals surface area contributed by atoms with Crippen molar-refractivity contribution in [2.24, 2.45) is 0 Å². The molecule has 5 rings (SSSR count). The van der Waals surface area contributed by atoms with Gasteiger partial charge in [-0.15, -0.1) is 0 Å². The molecule has 1 aromatic heterocycles. The van der Waals surface area contributed by atoms with Gasteiger partial charge in [0.25, 0.3) is 0 Å². The normalized spacial score (nSPS) is 15.6. The van der Waals surface area contributed by atoms with Gasteiger partial charge in [-0.3, -0.25) is 4.79 Å². The molecule has 0 spiro atoms. The van der Waals surface area contributed by atoms with E-state index < -0.39 is 12.1 Å². The van der Waals surface area contributed by atoms with Gasteiger partial charge in [0.15, 0.2) is 0 Å². The molecule has 212 valence electrons. The molecule has 1 aliphatic heterocycles. The van der Waals surface area contributed by atoms with Crippen LogP contribution in [0.15, 0.2) is 78.9 Å². The van der Waals surface area contributed by atoms with E-state index in [1.165, 1.54) is 0 Å². The number of imidazole rings is 1. The molecule has 2 unspecified atom stereocenters. The molecule has 4 aromatic rings. The summed E-state index contributed by atoms with van der Waals surface area (Å²) in [5.74, 6) is 1.10. The van der Waals surface area contributed by atoms with Crippen LogP contribution < -0.4 is 10.1 Å². The van der Waals surface area contributed by atoms with Crippen molar-refractivity contribution in [1.82, 2.24) is 20.2 Å². The summed E-state index contributed by atoms with van der Waals surface area (Å²) in [6, 6.07) is 24.1. The Kier molecular flexibility index (Phi) is 7.83. The van der Waals surface area contributed by atoms with Gasteiger partial charge in [-0.1, -0.05) is 66.7 Å². The van der Waals surface area contributed by atoms with Crippen LogP contribution in [-0.4, -0.2) is 43.6 Å². The Hall–Kier alpha value is -4.59. The Morgan fingerprint density at radius 3 is 2.34 bits per heavy atom. The molecule has 2 atom stereocenters. The lowest BCUT2D eigenvalue weighted by Gasteiger charge is -2.38. The van der Waals surface area contributed by atoms with Gasteiger partial charge in [0.1, 0.15) is 23.2 Å². The van der Waals surface area contributed by atoms with Crippen LogP contribution in [-0.2, 0) is 24.2 Å². The number of nitrogens with zero attached hydrogens (tertiary/aromatic N) is 2. The van der Waals surface area contributed by atoms with Crippen LogP contribution in [0.25, 0.3) is 11.3 Å². The lowest BCUT2D eigenvalue weighted by atomic mass is 9.92. The molecule has 2 amide bonds. The summed E-state index contributed by atoms with van der Waals surface area (Å²) in [7, 11) is 0. The lowest BCUT2D eigenvalue weighted by molar-refractivity contribution is -0.137. The minimum atomic E-state index is -1.25. The molecular weight excluding hydrogens is 516 g/mol. The van der Waals surface area contributed by atoms with Crippen LogP contribution in [0.3, 0.4) is 0 Å². The molecule has 1 aliphatic rings. The third kappa shape index (κ3) is 6.60. The summed E-state index contributed by atoms with van der Waals surface area (Å²) in [6.45, 7) is 8.26. The van der Waals surface area contributed by atoms with E-state index in [4.69, 9.17) is 9.72 Å². The van der Waals surface area contributed by atoms with E-state index in [0.717, 1.165) is 33.6 Å². The first-order valence-electron chi connectivity index (χ1n) is 13.8. The number of hydrogen-bond donors (Lipinski definition) is 3. The zero-order valence-corrected chi connectivity index (χ0v) is 23.8. The molecule has 0 fully saturated rings. The van der Waals surface area contributed by atoms with Crippen LogP contribution in [0.4, 0.5) is 4.79 Å². The lowest BCUT2D eigenvalue weighted by Crippen LogP contribution is -2.51. The van der Waals surface area contributed by atoms with Crippen LogP contribution in [0.1, 0.15) is 55.0 Å². The summed E-state index contributed by atoms with van der Waals surface area (Å²) >= 11 is 0. The first-order valence-corrected chi connectivity index (χ1v) is 13.8. The van der Waals surface area contributed by atoms with Crippen molar-refractivity contribution >= 4 is 12.0 Å². The predicted molar refractivity (Wildman–Crippen MR) is 158 cm³/mol. The van der Waals surface area contributed by atoms with Crippen molar-refractivity contribution in [2.75, 3.05) is 0 Å². The number of rotatable bonds is 7. The number of ether oxygens (including phenoxy) is 1. The molecule has 8 nitrogen and oxygen atoms in total. The molecule has 8 heteroatoms. The van der Waals surface area contributed by atoms with Crippen LogP contribution >= 0.6 is 0 Å². The molecule has 0 aliphatic carbocycles. The van der Waals surface area contributed by atoms with E-state index in [-0.39, 0.29) is 24.0 Å². The molecule has 2 heterocycles. The van der Waals surface area contributed by atoms with Crippen molar-refractivity contribution in [3.63, 3.8) is 0 Å². The summed E-state index contributed by atoms with van der Waals surface area (Å²) in [6.07, 6.45) is -0.467. The van der Waals surface area contributed by atoms with Gasteiger partial charge in [0.2, 0.25) is 5.91 Å². The maximum atomic E-state index is 14.2. The Labute approximate surface area is 240 Å². The van der Waals surface area contributed by atoms with Crippen LogP contribution in [0.2, 0.25) is 0 Å². The molecule has 3 aromatic carbocycles. The van der Waals surface area contributed by atoms with Crippen molar-refractivity contribution in [3.05, 3.63) is 107 Å². The van der Waals surface area contributed by atoms with Gasteiger partial charge in [0, 0.05) is 30.6 Å². The smallest absolute Gasteiger partial charge is 0.405 e. The number of hydrogen-bond acceptors (Lipinski definition) is 4. The number of amides is 2. The quantitative estimate of drug-likeness (QED) is 0.258. The fraction of sp³-hybridized carbons (Fsp3) is 0.303. The maximum Gasteiger partial charge on any atom is 0.405 e. The maximum absolute atomic E-state index is 14.2. The SMILES string of the molecule is Cc1[nH]c(C2Cc3ccccc3CN2C(=O)C(Cc2ccc(OC(C)(C)C)cc2)NC(=O)O)nc1-c1ccccc1. The molecule has 0 bridgehead atoms. The van der Waals surface area contributed by atoms with Gasteiger partial charge in [-0.05, 0) is 56.5 Å². The number of carbonyl (C=O) groups excluding carboxylic acids is 1. The van der Waals surface area contributed by atoms with Crippen LogP contribution in [0.5, 0.6) is 5.75 Å². The average Bonchev–Trinajstić information content (AvgIpc) is 3.33. The molecule has 0 radical (unpaired) electrons. The largest absolute Gasteiger partial charge is 0.488 e. The Bertz CT molecular complexity index is 1520. The summed E-state index contributed by atoms with van der Waals surface area (Å²) in [5, 5.41) is 12.1. The highest BCUT2D eigenvalue weighted by molar-refractivity contribution is 5.86. The van der Waals surface area contributed by atoms with Gasteiger partial charge in [-0.25, -0.2) is 9.78 Å². The zero-order valence-electron chi connectivity index (χ0n) is 23.8. The number of H-pyrrole nitrogens is 1. The minimum absolute atomic E-state index is 0.207. The van der Waals surface area contributed by atoms with Crippen molar-refractivity contribution < 1.29 is 19.4 Å². The zero-order chi connectivity index (χ0) is 29.1. The Morgan fingerprint density at radius 2 is 1.68 bits per heavy atom. The number of aromatic nitrogens is 2. The van der Waals surface area contributed by atoms with Gasteiger partial charge in [0.05, 0.1) is 11.7 Å². The third-order valence-electron chi connectivity index (χ3n) is 7.18. The summed E-state index contributed by atoms with van der Waals surface area (Å²) in [5.41, 5.74) is 5.42. The number of nitrogens with one attached hydrogen (secondary N) is 2. The predicted octanol–water partition coefficient (Wildman–Crippen LogP) is 6.07. The minimum Gasteiger partial charge on any atom is -0.488 e. The number of aromatic amines is 1. The fourth-order valence-corrected chi connectivity index (χ4v) is 5.35. The van der Waals surface area contributed by atoms with E-state index in [0.29, 0.717) is 24.5 Å². The summed E-state index contributed by atoms with van der Waals surface area (Å²) < 4.78 is 5.91. The molecule has 3 N–H and O–H groups in total. The van der Waals surface area contributed by atoms with E-state index in [9.17, 15) is 14.7 Å². The highest BCUT2D eigenvalue weighted by Gasteiger charge is 2.37. The van der Waals surface area contributed by atoms with Gasteiger partial charge >= 0.3 is 6.09 Å².